The third-order valence-electron chi connectivity index (χ3n) is 3.30. The van der Waals surface area contributed by atoms with Crippen LogP contribution in [0.1, 0.15) is 19.3 Å². The molecule has 0 atom stereocenters. The van der Waals surface area contributed by atoms with Crippen LogP contribution in [0.15, 0.2) is 47.4 Å². The molecule has 164 valence electrons. The first-order valence-electron chi connectivity index (χ1n) is 8.38. The summed E-state index contributed by atoms with van der Waals surface area (Å²) in [7, 11) is -1.47. The van der Waals surface area contributed by atoms with Gasteiger partial charge in [-0.05, 0) is 58.3 Å². The van der Waals surface area contributed by atoms with E-state index in [-0.39, 0.29) is 10.6 Å². The summed E-state index contributed by atoms with van der Waals surface area (Å²) in [5.74, 6) is 0. The first kappa shape index (κ1) is 26.0. The van der Waals surface area contributed by atoms with E-state index in [2.05, 4.69) is 19.9 Å². The molecule has 2 N–H and O–H groups in total. The van der Waals surface area contributed by atoms with E-state index in [1.54, 1.807) is 24.4 Å². The van der Waals surface area contributed by atoms with E-state index >= 15 is 0 Å². The summed E-state index contributed by atoms with van der Waals surface area (Å²) in [6, 6.07) is 6.54. The maximum atomic E-state index is 10.5. The number of nitrogens with zero attached hydrogens (tertiary/aromatic N) is 4. The van der Waals surface area contributed by atoms with Gasteiger partial charge >= 0.3 is 7.12 Å². The zero-order valence-corrected chi connectivity index (χ0v) is 19.7. The number of aldehydes is 2. The zero-order chi connectivity index (χ0) is 23.5. The molecule has 0 spiro atoms. The Morgan fingerprint density at radius 3 is 1.88 bits per heavy atom. The molecule has 0 fully saturated rings. The number of halogens is 3. The number of thiophene rings is 2. The predicted octanol–water partition coefficient (Wildman–Crippen LogP) is 3.69. The van der Waals surface area contributed by atoms with Crippen LogP contribution in [0.4, 0.5) is 0 Å². The van der Waals surface area contributed by atoms with Crippen LogP contribution in [0.5, 0.6) is 0 Å². The SMILES string of the molecule is Clc1ccnc(Cl)n1.O=Cc1cc(-c2ccnc(Cl)n2)cs1.O=Cc1cc(B(O)O)cs1. The van der Waals surface area contributed by atoms with Crippen LogP contribution in [-0.2, 0) is 0 Å². The largest absolute Gasteiger partial charge is 0.489 e. The molecule has 0 aliphatic carbocycles. The Hall–Kier alpha value is -2.25. The van der Waals surface area contributed by atoms with Gasteiger partial charge in [-0.25, -0.2) is 19.9 Å². The fraction of sp³-hybridized carbons (Fsp3) is 0. The molecule has 4 heterocycles. The van der Waals surface area contributed by atoms with E-state index < -0.39 is 7.12 Å². The molecule has 4 aromatic heterocycles. The number of carbonyl (C=O) groups is 2. The van der Waals surface area contributed by atoms with Crippen molar-refractivity contribution in [2.75, 3.05) is 0 Å². The third kappa shape index (κ3) is 8.71. The van der Waals surface area contributed by atoms with Crippen LogP contribution in [0.2, 0.25) is 15.7 Å². The maximum Gasteiger partial charge on any atom is 0.489 e. The molecular weight excluding hydrogens is 518 g/mol. The van der Waals surface area contributed by atoms with Crippen LogP contribution in [-0.4, -0.2) is 49.7 Å². The van der Waals surface area contributed by atoms with Gasteiger partial charge in [0.05, 0.1) is 15.4 Å². The van der Waals surface area contributed by atoms with E-state index in [1.807, 2.05) is 5.38 Å². The van der Waals surface area contributed by atoms with E-state index in [1.165, 1.54) is 40.3 Å². The average Bonchev–Trinajstić information content (AvgIpc) is 3.44. The minimum absolute atomic E-state index is 0.178. The van der Waals surface area contributed by atoms with Crippen molar-refractivity contribution in [1.29, 1.82) is 0 Å². The highest BCUT2D eigenvalue weighted by atomic mass is 35.5. The number of rotatable bonds is 4. The van der Waals surface area contributed by atoms with Crippen molar-refractivity contribution in [2.24, 2.45) is 0 Å². The van der Waals surface area contributed by atoms with Crippen LogP contribution in [0.3, 0.4) is 0 Å². The highest BCUT2D eigenvalue weighted by molar-refractivity contribution is 7.13. The lowest BCUT2D eigenvalue weighted by Gasteiger charge is -1.94. The van der Waals surface area contributed by atoms with Crippen molar-refractivity contribution in [3.63, 3.8) is 0 Å². The molecule has 0 amide bonds. The molecule has 0 bridgehead atoms. The normalized spacial score (nSPS) is 9.66. The Morgan fingerprint density at radius 2 is 1.44 bits per heavy atom. The second-order valence-electron chi connectivity index (χ2n) is 5.49. The molecule has 0 aliphatic rings. The Kier molecular flexibility index (Phi) is 10.8. The monoisotopic (exact) mass is 528 g/mol. The van der Waals surface area contributed by atoms with Crippen molar-refractivity contribution in [1.82, 2.24) is 19.9 Å². The Bertz CT molecular complexity index is 1160. The smallest absolute Gasteiger partial charge is 0.423 e. The van der Waals surface area contributed by atoms with E-state index in [4.69, 9.17) is 44.9 Å². The lowest BCUT2D eigenvalue weighted by molar-refractivity contribution is 0.111. The maximum absolute atomic E-state index is 10.5. The van der Waals surface area contributed by atoms with Crippen molar-refractivity contribution in [3.8, 4) is 11.3 Å². The molecule has 0 aliphatic heterocycles. The van der Waals surface area contributed by atoms with Crippen molar-refractivity contribution < 1.29 is 19.6 Å². The Morgan fingerprint density at radius 1 is 0.844 bits per heavy atom. The lowest BCUT2D eigenvalue weighted by atomic mass is 9.83. The van der Waals surface area contributed by atoms with Crippen molar-refractivity contribution in [2.45, 2.75) is 0 Å². The predicted molar refractivity (Wildman–Crippen MR) is 127 cm³/mol. The molecule has 32 heavy (non-hydrogen) atoms. The molecule has 0 unspecified atom stereocenters. The fourth-order valence-electron chi connectivity index (χ4n) is 1.92. The van der Waals surface area contributed by atoms with Gasteiger partial charge in [0.2, 0.25) is 10.6 Å². The topological polar surface area (TPSA) is 126 Å². The number of carbonyl (C=O) groups excluding carboxylic acids is 2. The van der Waals surface area contributed by atoms with E-state index in [9.17, 15) is 9.59 Å². The summed E-state index contributed by atoms with van der Waals surface area (Å²) in [5.41, 5.74) is 1.99. The molecule has 4 rings (SSSR count). The molecule has 0 aromatic carbocycles. The number of hydrogen-bond donors (Lipinski definition) is 2. The molecule has 0 saturated heterocycles. The van der Waals surface area contributed by atoms with Gasteiger partial charge in [0, 0.05) is 23.3 Å². The fourth-order valence-corrected chi connectivity index (χ4v) is 3.82. The Labute approximate surface area is 205 Å². The van der Waals surface area contributed by atoms with Gasteiger partial charge in [0.15, 0.2) is 12.6 Å². The van der Waals surface area contributed by atoms with E-state index in [0.717, 1.165) is 17.5 Å². The van der Waals surface area contributed by atoms with Crippen molar-refractivity contribution >= 4 is 82.6 Å². The summed E-state index contributed by atoms with van der Waals surface area (Å²) < 4.78 is 0. The van der Waals surface area contributed by atoms with Gasteiger partial charge in [0.25, 0.3) is 0 Å². The van der Waals surface area contributed by atoms with Gasteiger partial charge in [-0.1, -0.05) is 11.6 Å². The summed E-state index contributed by atoms with van der Waals surface area (Å²) in [5, 5.41) is 21.3. The summed E-state index contributed by atoms with van der Waals surface area (Å²) in [6.07, 6.45) is 4.58. The van der Waals surface area contributed by atoms with Gasteiger partial charge in [-0.3, -0.25) is 9.59 Å². The lowest BCUT2D eigenvalue weighted by Crippen LogP contribution is -2.27. The second kappa shape index (κ2) is 13.3. The van der Waals surface area contributed by atoms with Crippen LogP contribution in [0.25, 0.3) is 11.3 Å². The average molecular weight is 530 g/mol. The van der Waals surface area contributed by atoms with Gasteiger partial charge in [-0.2, -0.15) is 0 Å². The van der Waals surface area contributed by atoms with Gasteiger partial charge in [0.1, 0.15) is 5.15 Å². The standard InChI is InChI=1S/C9H5ClN2OS.C5H5BO3S.C4H2Cl2N2/c10-9-11-2-1-8(12-9)6-3-7(4-13)14-5-6;7-2-5-1-4(3-10-5)6(8)9;5-3-1-2-7-4(6)8-3/h1-5H;1-3,8-9H;1-2H. The minimum Gasteiger partial charge on any atom is -0.423 e. The molecule has 8 nitrogen and oxygen atoms in total. The Balaban J connectivity index is 0.000000178. The second-order valence-corrected chi connectivity index (χ2v) is 8.44. The van der Waals surface area contributed by atoms with Crippen LogP contribution in [0, 0.1) is 0 Å². The van der Waals surface area contributed by atoms with Gasteiger partial charge in [-0.15, -0.1) is 22.7 Å². The molecule has 0 radical (unpaired) electrons. The van der Waals surface area contributed by atoms with Crippen LogP contribution >= 0.6 is 57.5 Å². The number of aromatic nitrogens is 4. The quantitative estimate of drug-likeness (QED) is 0.177. The third-order valence-corrected chi connectivity index (χ3v) is 5.61. The first-order chi connectivity index (χ1) is 15.3. The summed E-state index contributed by atoms with van der Waals surface area (Å²) in [6.45, 7) is 0. The molecular formula is C18H12BCl3N4O4S2. The minimum atomic E-state index is -1.47. The first-order valence-corrected chi connectivity index (χ1v) is 11.3. The summed E-state index contributed by atoms with van der Waals surface area (Å²) >= 11 is 19.0. The summed E-state index contributed by atoms with van der Waals surface area (Å²) in [4.78, 5) is 36.8. The highest BCUT2D eigenvalue weighted by Gasteiger charge is 2.12. The van der Waals surface area contributed by atoms with Crippen molar-refractivity contribution in [3.05, 3.63) is 72.9 Å². The molecule has 14 heteroatoms. The van der Waals surface area contributed by atoms with Crippen LogP contribution < -0.4 is 5.46 Å². The zero-order valence-electron chi connectivity index (χ0n) is 15.8. The molecule has 0 saturated carbocycles. The van der Waals surface area contributed by atoms with E-state index in [0.29, 0.717) is 26.7 Å². The highest BCUT2D eigenvalue weighted by Crippen LogP contribution is 2.23. The number of hydrogen-bond acceptors (Lipinski definition) is 10. The molecule has 4 aromatic rings. The van der Waals surface area contributed by atoms with Gasteiger partial charge < -0.3 is 10.0 Å².